The molecule has 0 rings (SSSR count). The second-order valence-electron chi connectivity index (χ2n) is 4.69. The predicted octanol–water partition coefficient (Wildman–Crippen LogP) is 1.78. The van der Waals surface area contributed by atoms with Gasteiger partial charge < -0.3 is 15.4 Å². The Morgan fingerprint density at radius 3 is 2.41 bits per heavy atom. The predicted molar refractivity (Wildman–Crippen MR) is 70.8 cm³/mol. The van der Waals surface area contributed by atoms with Crippen LogP contribution in [-0.4, -0.2) is 43.2 Å². The van der Waals surface area contributed by atoms with Gasteiger partial charge in [-0.15, -0.1) is 0 Å². The maximum atomic E-state index is 12.1. The van der Waals surface area contributed by atoms with Gasteiger partial charge in [-0.05, 0) is 20.3 Å². The molecule has 4 heteroatoms. The molecule has 1 unspecified atom stereocenters. The highest BCUT2D eigenvalue weighted by Gasteiger charge is 2.19. The number of hydrogen-bond acceptors (Lipinski definition) is 3. The van der Waals surface area contributed by atoms with E-state index in [0.717, 1.165) is 13.0 Å². The van der Waals surface area contributed by atoms with Crippen LogP contribution in [0.2, 0.25) is 0 Å². The second-order valence-corrected chi connectivity index (χ2v) is 4.69. The summed E-state index contributed by atoms with van der Waals surface area (Å²) in [6, 6.07) is 0.245. The summed E-state index contributed by atoms with van der Waals surface area (Å²) in [7, 11) is 1.60. The lowest BCUT2D eigenvalue weighted by atomic mass is 10.1. The van der Waals surface area contributed by atoms with Crippen molar-refractivity contribution in [1.82, 2.24) is 4.90 Å². The number of rotatable bonds is 9. The summed E-state index contributed by atoms with van der Waals surface area (Å²) < 4.78 is 5.15. The van der Waals surface area contributed by atoms with Crippen LogP contribution >= 0.6 is 0 Å². The third-order valence-electron chi connectivity index (χ3n) is 2.94. The number of unbranched alkanes of at least 4 members (excludes halogenated alkanes) is 2. The molecular weight excluding hydrogens is 216 g/mol. The lowest BCUT2D eigenvalue weighted by molar-refractivity contribution is -0.135. The van der Waals surface area contributed by atoms with E-state index in [0.29, 0.717) is 13.0 Å². The Labute approximate surface area is 105 Å². The van der Waals surface area contributed by atoms with Crippen molar-refractivity contribution in [2.24, 2.45) is 5.73 Å². The first kappa shape index (κ1) is 16.4. The van der Waals surface area contributed by atoms with Crippen LogP contribution in [0.5, 0.6) is 0 Å². The summed E-state index contributed by atoms with van der Waals surface area (Å²) in [5.41, 5.74) is 5.53. The van der Waals surface area contributed by atoms with Gasteiger partial charge in [-0.3, -0.25) is 4.79 Å². The highest BCUT2D eigenvalue weighted by Crippen LogP contribution is 2.08. The van der Waals surface area contributed by atoms with Crippen LogP contribution in [0, 0.1) is 0 Å². The minimum atomic E-state index is -0.157. The molecule has 0 aliphatic carbocycles. The summed E-state index contributed by atoms with van der Waals surface area (Å²) in [6.07, 6.45) is 3.64. The molecule has 0 saturated carbocycles. The Morgan fingerprint density at radius 1 is 1.35 bits per heavy atom. The molecular formula is C13H28N2O2. The van der Waals surface area contributed by atoms with Crippen molar-refractivity contribution < 1.29 is 9.53 Å². The van der Waals surface area contributed by atoms with E-state index in [4.69, 9.17) is 10.5 Å². The number of ether oxygens (including phenoxy) is 1. The molecule has 102 valence electrons. The van der Waals surface area contributed by atoms with Crippen LogP contribution in [-0.2, 0) is 9.53 Å². The van der Waals surface area contributed by atoms with Gasteiger partial charge in [0.2, 0.25) is 5.91 Å². The van der Waals surface area contributed by atoms with Gasteiger partial charge in [0.05, 0.1) is 12.5 Å². The van der Waals surface area contributed by atoms with Crippen molar-refractivity contribution in [3.05, 3.63) is 0 Å². The summed E-state index contributed by atoms with van der Waals surface area (Å²) in [5.74, 6) is 0.147. The number of methoxy groups -OCH3 is 1. The van der Waals surface area contributed by atoms with Gasteiger partial charge in [0, 0.05) is 26.2 Å². The first-order valence-electron chi connectivity index (χ1n) is 6.59. The van der Waals surface area contributed by atoms with Crippen LogP contribution in [0.15, 0.2) is 0 Å². The summed E-state index contributed by atoms with van der Waals surface area (Å²) >= 11 is 0. The minimum absolute atomic E-state index is 0.147. The maximum absolute atomic E-state index is 12.1. The van der Waals surface area contributed by atoms with Crippen molar-refractivity contribution in [3.8, 4) is 0 Å². The molecule has 0 aliphatic rings. The fourth-order valence-corrected chi connectivity index (χ4v) is 1.78. The van der Waals surface area contributed by atoms with E-state index in [2.05, 4.69) is 6.92 Å². The monoisotopic (exact) mass is 244 g/mol. The average molecular weight is 244 g/mol. The topological polar surface area (TPSA) is 55.6 Å². The molecule has 0 heterocycles. The minimum Gasteiger partial charge on any atom is -0.380 e. The Morgan fingerprint density at radius 2 is 2.00 bits per heavy atom. The molecule has 0 spiro atoms. The molecule has 0 aromatic heterocycles. The van der Waals surface area contributed by atoms with Gasteiger partial charge in [0.25, 0.3) is 0 Å². The number of nitrogens with zero attached hydrogens (tertiary/aromatic N) is 1. The van der Waals surface area contributed by atoms with Crippen LogP contribution < -0.4 is 5.73 Å². The van der Waals surface area contributed by atoms with Crippen LogP contribution in [0.1, 0.15) is 46.5 Å². The Bertz CT molecular complexity index is 204. The quantitative estimate of drug-likeness (QED) is 0.629. The standard InChI is InChI=1S/C13H28N2O2/c1-5-6-7-8-15(11(2)3)13(16)9-12(10-14)17-4/h11-12H,5-10,14H2,1-4H3. The van der Waals surface area contributed by atoms with Crippen molar-refractivity contribution in [3.63, 3.8) is 0 Å². The second kappa shape index (κ2) is 9.42. The largest absolute Gasteiger partial charge is 0.380 e. The molecule has 0 fully saturated rings. The van der Waals surface area contributed by atoms with E-state index in [1.54, 1.807) is 7.11 Å². The van der Waals surface area contributed by atoms with Crippen LogP contribution in [0.3, 0.4) is 0 Å². The van der Waals surface area contributed by atoms with E-state index in [1.165, 1.54) is 12.8 Å². The average Bonchev–Trinajstić information content (AvgIpc) is 2.30. The Hall–Kier alpha value is -0.610. The molecule has 1 atom stereocenters. The molecule has 17 heavy (non-hydrogen) atoms. The van der Waals surface area contributed by atoms with Gasteiger partial charge in [0.1, 0.15) is 0 Å². The van der Waals surface area contributed by atoms with E-state index in [9.17, 15) is 4.79 Å². The fourth-order valence-electron chi connectivity index (χ4n) is 1.78. The Kier molecular flexibility index (Phi) is 9.09. The van der Waals surface area contributed by atoms with E-state index >= 15 is 0 Å². The number of nitrogens with two attached hydrogens (primary N) is 1. The van der Waals surface area contributed by atoms with Crippen LogP contribution in [0.25, 0.3) is 0 Å². The van der Waals surface area contributed by atoms with Crippen molar-refractivity contribution in [2.75, 3.05) is 20.2 Å². The smallest absolute Gasteiger partial charge is 0.225 e. The summed E-state index contributed by atoms with van der Waals surface area (Å²) in [6.45, 7) is 7.49. The van der Waals surface area contributed by atoms with E-state index in [1.807, 2.05) is 18.7 Å². The molecule has 0 aromatic rings. The molecule has 0 bridgehead atoms. The van der Waals surface area contributed by atoms with Gasteiger partial charge in [-0.1, -0.05) is 19.8 Å². The third-order valence-corrected chi connectivity index (χ3v) is 2.94. The highest BCUT2D eigenvalue weighted by molar-refractivity contribution is 5.77. The van der Waals surface area contributed by atoms with E-state index in [-0.39, 0.29) is 18.1 Å². The zero-order valence-electron chi connectivity index (χ0n) is 11.7. The van der Waals surface area contributed by atoms with Crippen molar-refractivity contribution >= 4 is 5.91 Å². The van der Waals surface area contributed by atoms with Gasteiger partial charge >= 0.3 is 0 Å². The zero-order chi connectivity index (χ0) is 13.3. The molecule has 2 N–H and O–H groups in total. The zero-order valence-corrected chi connectivity index (χ0v) is 11.7. The molecule has 0 radical (unpaired) electrons. The summed E-state index contributed by atoms with van der Waals surface area (Å²) in [5, 5.41) is 0. The highest BCUT2D eigenvalue weighted by atomic mass is 16.5. The SMILES string of the molecule is CCCCCN(C(=O)CC(CN)OC)C(C)C. The molecule has 1 amide bonds. The maximum Gasteiger partial charge on any atom is 0.225 e. The molecule has 0 aromatic carbocycles. The molecule has 4 nitrogen and oxygen atoms in total. The van der Waals surface area contributed by atoms with Crippen molar-refractivity contribution in [2.45, 2.75) is 58.6 Å². The first-order valence-corrected chi connectivity index (χ1v) is 6.59. The number of hydrogen-bond donors (Lipinski definition) is 1. The number of amides is 1. The Balaban J connectivity index is 4.23. The first-order chi connectivity index (χ1) is 8.06. The number of carbonyl (C=O) groups is 1. The number of carbonyl (C=O) groups excluding carboxylic acids is 1. The van der Waals surface area contributed by atoms with Crippen molar-refractivity contribution in [1.29, 1.82) is 0 Å². The van der Waals surface area contributed by atoms with E-state index < -0.39 is 0 Å². The summed E-state index contributed by atoms with van der Waals surface area (Å²) in [4.78, 5) is 14.0. The van der Waals surface area contributed by atoms with Gasteiger partial charge in [-0.2, -0.15) is 0 Å². The van der Waals surface area contributed by atoms with Gasteiger partial charge in [-0.25, -0.2) is 0 Å². The lowest BCUT2D eigenvalue weighted by Crippen LogP contribution is -2.40. The third kappa shape index (κ3) is 6.64. The van der Waals surface area contributed by atoms with Crippen LogP contribution in [0.4, 0.5) is 0 Å². The molecule has 0 aliphatic heterocycles. The fraction of sp³-hybridized carbons (Fsp3) is 0.923. The molecule has 0 saturated heterocycles. The lowest BCUT2D eigenvalue weighted by Gasteiger charge is -2.28. The normalized spacial score (nSPS) is 12.8. The van der Waals surface area contributed by atoms with Gasteiger partial charge in [0.15, 0.2) is 0 Å².